The van der Waals surface area contributed by atoms with Crippen molar-refractivity contribution in [1.82, 2.24) is 9.55 Å². The first-order valence-corrected chi connectivity index (χ1v) is 8.08. The summed E-state index contributed by atoms with van der Waals surface area (Å²) in [5.74, 6) is -0.898. The van der Waals surface area contributed by atoms with E-state index in [2.05, 4.69) is 4.98 Å². The highest BCUT2D eigenvalue weighted by atomic mass is 19.4. The highest BCUT2D eigenvalue weighted by molar-refractivity contribution is 5.91. The van der Waals surface area contributed by atoms with Crippen molar-refractivity contribution in [2.24, 2.45) is 7.05 Å². The number of nitrogens with zero attached hydrogens (tertiary/aromatic N) is 1. The van der Waals surface area contributed by atoms with Gasteiger partial charge in [0.2, 0.25) is 5.91 Å². The Morgan fingerprint density at radius 2 is 1.55 bits per heavy atom. The van der Waals surface area contributed by atoms with Crippen LogP contribution < -0.4 is 16.6 Å². The van der Waals surface area contributed by atoms with Crippen molar-refractivity contribution in [3.8, 4) is 0 Å². The Balaban J connectivity index is 2.24. The highest BCUT2D eigenvalue weighted by Crippen LogP contribution is 2.37. The number of hydrogen-bond donors (Lipinski definition) is 2. The molecule has 0 saturated heterocycles. The summed E-state index contributed by atoms with van der Waals surface area (Å²) < 4.78 is 77.9. The minimum atomic E-state index is -5.04. The predicted molar refractivity (Wildman–Crippen MR) is 90.4 cm³/mol. The zero-order chi connectivity index (χ0) is 22.1. The van der Waals surface area contributed by atoms with Crippen LogP contribution in [0.3, 0.4) is 0 Å². The first kappa shape index (κ1) is 22.2. The number of carbonyl (C=O) groups is 1. The summed E-state index contributed by atoms with van der Waals surface area (Å²) in [6.45, 7) is 1.43. The van der Waals surface area contributed by atoms with E-state index in [1.807, 2.05) is 5.32 Å². The van der Waals surface area contributed by atoms with Crippen LogP contribution in [0.25, 0.3) is 0 Å². The number of rotatable bonds is 4. The monoisotopic (exact) mass is 423 g/mol. The van der Waals surface area contributed by atoms with Crippen molar-refractivity contribution < 1.29 is 31.1 Å². The molecule has 12 heteroatoms. The fraction of sp³-hybridized carbons (Fsp3) is 0.353. The Morgan fingerprint density at radius 3 is 2.03 bits per heavy atom. The van der Waals surface area contributed by atoms with E-state index in [1.165, 1.54) is 14.0 Å². The molecule has 0 aliphatic rings. The Kier molecular flexibility index (Phi) is 5.95. The van der Waals surface area contributed by atoms with Crippen LogP contribution in [-0.2, 0) is 30.6 Å². The molecule has 1 aromatic carbocycles. The second-order valence-corrected chi connectivity index (χ2v) is 6.24. The van der Waals surface area contributed by atoms with Gasteiger partial charge in [-0.3, -0.25) is 14.2 Å². The van der Waals surface area contributed by atoms with E-state index in [-0.39, 0.29) is 23.7 Å². The molecule has 1 heterocycles. The maximum absolute atomic E-state index is 12.9. The van der Waals surface area contributed by atoms with Gasteiger partial charge in [0, 0.05) is 30.4 Å². The van der Waals surface area contributed by atoms with Gasteiger partial charge in [0.25, 0.3) is 5.56 Å². The molecule has 0 bridgehead atoms. The number of aromatic nitrogens is 2. The van der Waals surface area contributed by atoms with Gasteiger partial charge in [0.05, 0.1) is 11.1 Å². The maximum Gasteiger partial charge on any atom is 0.416 e. The van der Waals surface area contributed by atoms with E-state index < -0.39 is 52.7 Å². The Bertz CT molecular complexity index is 1020. The number of aryl methyl sites for hydroxylation is 1. The summed E-state index contributed by atoms with van der Waals surface area (Å²) in [6, 6.07) is 0.720. The van der Waals surface area contributed by atoms with Gasteiger partial charge in [-0.25, -0.2) is 4.79 Å². The lowest BCUT2D eigenvalue weighted by Crippen LogP contribution is -2.36. The quantitative estimate of drug-likeness (QED) is 0.742. The van der Waals surface area contributed by atoms with E-state index in [1.54, 1.807) is 0 Å². The summed E-state index contributed by atoms with van der Waals surface area (Å²) in [5.41, 5.74) is -4.81. The summed E-state index contributed by atoms with van der Waals surface area (Å²) in [5, 5.41) is 1.98. The van der Waals surface area contributed by atoms with E-state index in [0.717, 1.165) is 4.57 Å². The van der Waals surface area contributed by atoms with Crippen molar-refractivity contribution >= 4 is 11.6 Å². The van der Waals surface area contributed by atoms with Crippen LogP contribution in [0, 0.1) is 6.92 Å². The minimum absolute atomic E-state index is 0.0525. The third kappa shape index (κ3) is 5.27. The third-order valence-corrected chi connectivity index (χ3v) is 4.09. The predicted octanol–water partition coefficient (Wildman–Crippen LogP) is 2.99. The Hall–Kier alpha value is -3.05. The number of amides is 1. The molecule has 2 rings (SSSR count). The number of nitrogens with one attached hydrogen (secondary N) is 2. The van der Waals surface area contributed by atoms with E-state index in [0.29, 0.717) is 12.1 Å². The van der Waals surface area contributed by atoms with Crippen LogP contribution in [0.4, 0.5) is 32.0 Å². The van der Waals surface area contributed by atoms with Crippen LogP contribution in [0.15, 0.2) is 27.8 Å². The minimum Gasteiger partial charge on any atom is -0.326 e. The molecule has 2 N–H and O–H groups in total. The first-order chi connectivity index (χ1) is 13.2. The normalized spacial score (nSPS) is 12.1. The summed E-state index contributed by atoms with van der Waals surface area (Å²) in [7, 11) is 1.21. The fourth-order valence-electron chi connectivity index (χ4n) is 2.56. The molecule has 0 aliphatic carbocycles. The Morgan fingerprint density at radius 1 is 1.03 bits per heavy atom. The van der Waals surface area contributed by atoms with Gasteiger partial charge < -0.3 is 10.3 Å². The van der Waals surface area contributed by atoms with Gasteiger partial charge >= 0.3 is 18.0 Å². The average molecular weight is 423 g/mol. The number of benzene rings is 1. The molecule has 1 amide bonds. The number of carbonyl (C=O) groups excluding carboxylic acids is 1. The zero-order valence-corrected chi connectivity index (χ0v) is 15.1. The van der Waals surface area contributed by atoms with E-state index in [9.17, 15) is 40.7 Å². The lowest BCUT2D eigenvalue weighted by molar-refractivity contribution is -0.143. The number of alkyl halides is 6. The molecule has 0 spiro atoms. The van der Waals surface area contributed by atoms with Crippen LogP contribution in [0.1, 0.15) is 28.8 Å². The van der Waals surface area contributed by atoms with Crippen LogP contribution in [0.5, 0.6) is 0 Å². The number of hydrogen-bond acceptors (Lipinski definition) is 3. The molecule has 0 atom stereocenters. The topological polar surface area (TPSA) is 84.0 Å². The number of halogens is 6. The van der Waals surface area contributed by atoms with Crippen molar-refractivity contribution in [2.75, 3.05) is 5.32 Å². The lowest BCUT2D eigenvalue weighted by atomic mass is 10.1. The summed E-state index contributed by atoms with van der Waals surface area (Å²) in [4.78, 5) is 37.9. The number of aromatic amines is 1. The number of anilines is 1. The zero-order valence-electron chi connectivity index (χ0n) is 15.1. The van der Waals surface area contributed by atoms with Crippen LogP contribution >= 0.6 is 0 Å². The maximum atomic E-state index is 12.9. The first-order valence-electron chi connectivity index (χ1n) is 8.08. The van der Waals surface area contributed by atoms with Gasteiger partial charge in [0.1, 0.15) is 0 Å². The van der Waals surface area contributed by atoms with Crippen molar-refractivity contribution in [3.05, 3.63) is 61.4 Å². The van der Waals surface area contributed by atoms with Crippen LogP contribution in [-0.4, -0.2) is 15.5 Å². The second-order valence-electron chi connectivity index (χ2n) is 6.24. The Labute approximate surface area is 159 Å². The highest BCUT2D eigenvalue weighted by Gasteiger charge is 2.37. The SMILES string of the molecule is Cc1[nH]c(=O)n(C)c(=O)c1CCC(=O)Nc1cc(C(F)(F)F)cc(C(F)(F)F)c1. The molecule has 2 aromatic rings. The molecule has 0 radical (unpaired) electrons. The molecular weight excluding hydrogens is 408 g/mol. The molecule has 1 aromatic heterocycles. The van der Waals surface area contributed by atoms with Gasteiger partial charge in [-0.1, -0.05) is 0 Å². The molecule has 6 nitrogen and oxygen atoms in total. The summed E-state index contributed by atoms with van der Waals surface area (Å²) >= 11 is 0. The average Bonchev–Trinajstić information content (AvgIpc) is 2.58. The van der Waals surface area contributed by atoms with Gasteiger partial charge in [-0.05, 0) is 31.5 Å². The van der Waals surface area contributed by atoms with E-state index >= 15 is 0 Å². The van der Waals surface area contributed by atoms with Crippen LogP contribution in [0.2, 0.25) is 0 Å². The van der Waals surface area contributed by atoms with Gasteiger partial charge in [0.15, 0.2) is 0 Å². The standard InChI is InChI=1S/C17H15F6N3O3/c1-8-12(14(28)26(2)15(29)24-8)3-4-13(27)25-11-6-9(16(18,19)20)5-10(7-11)17(21,22)23/h5-7H,3-4H2,1-2H3,(H,24,29)(H,25,27). The summed E-state index contributed by atoms with van der Waals surface area (Å²) in [6.07, 6.45) is -10.7. The molecule has 158 valence electrons. The van der Waals surface area contributed by atoms with Gasteiger partial charge in [-0.2, -0.15) is 26.3 Å². The van der Waals surface area contributed by atoms with Gasteiger partial charge in [-0.15, -0.1) is 0 Å². The third-order valence-electron chi connectivity index (χ3n) is 4.09. The molecule has 0 saturated carbocycles. The van der Waals surface area contributed by atoms with Crippen molar-refractivity contribution in [3.63, 3.8) is 0 Å². The molecule has 0 fully saturated rings. The van der Waals surface area contributed by atoms with Crippen molar-refractivity contribution in [2.45, 2.75) is 32.1 Å². The van der Waals surface area contributed by atoms with Crippen molar-refractivity contribution in [1.29, 1.82) is 0 Å². The largest absolute Gasteiger partial charge is 0.416 e. The smallest absolute Gasteiger partial charge is 0.326 e. The molecule has 29 heavy (non-hydrogen) atoms. The van der Waals surface area contributed by atoms with E-state index in [4.69, 9.17) is 0 Å². The molecule has 0 unspecified atom stereocenters. The molecular formula is C17H15F6N3O3. The lowest BCUT2D eigenvalue weighted by Gasteiger charge is -2.15. The number of H-pyrrole nitrogens is 1. The second kappa shape index (κ2) is 7.76. The molecule has 0 aliphatic heterocycles. The fourth-order valence-corrected chi connectivity index (χ4v) is 2.56.